The molecular formula is C20H17ClFN5O3S. The van der Waals surface area contributed by atoms with Gasteiger partial charge in [-0.3, -0.25) is 9.78 Å². The fourth-order valence-electron chi connectivity index (χ4n) is 2.82. The normalized spacial score (nSPS) is 11.1. The molecule has 1 aromatic carbocycles. The third-order valence-corrected chi connectivity index (χ3v) is 5.39. The van der Waals surface area contributed by atoms with Crippen LogP contribution in [0.2, 0.25) is 5.02 Å². The van der Waals surface area contributed by atoms with Crippen molar-refractivity contribution in [1.82, 2.24) is 19.9 Å². The standard InChI is InChI=1S/C20H17ClFN5O3S/c21-13-8-11(2-3-14(13)22)30-9-16-26-17-12(19(29)27-16)4-6-23-18(17)15-10-31-20(25-15)24-5-1-7-28/h2-4,6,8,10,28H,1,5,7,9H2,(H,24,25)(H,26,27,29). The fourth-order valence-corrected chi connectivity index (χ4v) is 3.72. The van der Waals surface area contributed by atoms with Gasteiger partial charge in [0.15, 0.2) is 5.13 Å². The molecule has 0 fully saturated rings. The highest BCUT2D eigenvalue weighted by Gasteiger charge is 2.14. The molecule has 0 radical (unpaired) electrons. The van der Waals surface area contributed by atoms with Gasteiger partial charge in [0.2, 0.25) is 0 Å². The van der Waals surface area contributed by atoms with Crippen LogP contribution < -0.4 is 15.6 Å². The maximum absolute atomic E-state index is 13.3. The summed E-state index contributed by atoms with van der Waals surface area (Å²) in [4.78, 5) is 28.6. The van der Waals surface area contributed by atoms with Gasteiger partial charge in [0.05, 0.1) is 10.4 Å². The highest BCUT2D eigenvalue weighted by atomic mass is 35.5. The molecule has 0 bridgehead atoms. The Bertz CT molecular complexity index is 1280. The number of pyridine rings is 1. The minimum absolute atomic E-state index is 0.0491. The second-order valence-electron chi connectivity index (χ2n) is 6.47. The Morgan fingerprint density at radius 1 is 1.29 bits per heavy atom. The summed E-state index contributed by atoms with van der Waals surface area (Å²) in [5, 5.41) is 14.8. The molecule has 3 heterocycles. The topological polar surface area (TPSA) is 113 Å². The summed E-state index contributed by atoms with van der Waals surface area (Å²) in [7, 11) is 0. The van der Waals surface area contributed by atoms with Gasteiger partial charge < -0.3 is 20.1 Å². The third kappa shape index (κ3) is 4.82. The molecule has 0 spiro atoms. The molecule has 160 valence electrons. The average Bonchev–Trinajstić information content (AvgIpc) is 3.23. The molecular weight excluding hydrogens is 445 g/mol. The van der Waals surface area contributed by atoms with E-state index in [1.165, 1.54) is 35.7 Å². The van der Waals surface area contributed by atoms with Crippen molar-refractivity contribution in [3.05, 3.63) is 62.9 Å². The summed E-state index contributed by atoms with van der Waals surface area (Å²) < 4.78 is 18.9. The van der Waals surface area contributed by atoms with E-state index in [-0.39, 0.29) is 29.6 Å². The van der Waals surface area contributed by atoms with Crippen LogP contribution in [0.3, 0.4) is 0 Å². The molecule has 3 aromatic heterocycles. The largest absolute Gasteiger partial charge is 0.486 e. The van der Waals surface area contributed by atoms with E-state index in [1.807, 2.05) is 5.38 Å². The van der Waals surface area contributed by atoms with Crippen molar-refractivity contribution in [3.63, 3.8) is 0 Å². The molecule has 11 heteroatoms. The maximum Gasteiger partial charge on any atom is 0.258 e. The molecule has 3 N–H and O–H groups in total. The van der Waals surface area contributed by atoms with Crippen LogP contribution in [0.4, 0.5) is 9.52 Å². The Morgan fingerprint density at radius 3 is 2.97 bits per heavy atom. The molecule has 0 amide bonds. The average molecular weight is 462 g/mol. The van der Waals surface area contributed by atoms with Crippen LogP contribution in [0.5, 0.6) is 5.75 Å². The van der Waals surface area contributed by atoms with E-state index >= 15 is 0 Å². The first-order valence-corrected chi connectivity index (χ1v) is 10.6. The zero-order valence-corrected chi connectivity index (χ0v) is 17.6. The molecule has 0 saturated heterocycles. The number of fused-ring (bicyclic) bond motifs is 1. The van der Waals surface area contributed by atoms with Crippen LogP contribution in [-0.4, -0.2) is 38.2 Å². The predicted molar refractivity (Wildman–Crippen MR) is 117 cm³/mol. The number of benzene rings is 1. The van der Waals surface area contributed by atoms with Crippen molar-refractivity contribution in [2.24, 2.45) is 0 Å². The molecule has 0 aliphatic carbocycles. The van der Waals surface area contributed by atoms with E-state index in [2.05, 4.69) is 25.3 Å². The van der Waals surface area contributed by atoms with Crippen molar-refractivity contribution in [2.75, 3.05) is 18.5 Å². The Kier molecular flexibility index (Phi) is 6.40. The maximum atomic E-state index is 13.3. The number of aliphatic hydroxyl groups excluding tert-OH is 1. The van der Waals surface area contributed by atoms with E-state index in [4.69, 9.17) is 21.4 Å². The number of nitrogens with one attached hydrogen (secondary N) is 2. The molecule has 0 aliphatic heterocycles. The van der Waals surface area contributed by atoms with Crippen molar-refractivity contribution in [2.45, 2.75) is 13.0 Å². The summed E-state index contributed by atoms with van der Waals surface area (Å²) in [6.45, 7) is 0.642. The number of aliphatic hydroxyl groups is 1. The van der Waals surface area contributed by atoms with Gasteiger partial charge >= 0.3 is 0 Å². The molecule has 4 rings (SSSR count). The van der Waals surface area contributed by atoms with Gasteiger partial charge in [-0.05, 0) is 24.6 Å². The number of aromatic amines is 1. The van der Waals surface area contributed by atoms with Gasteiger partial charge in [0.1, 0.15) is 40.9 Å². The summed E-state index contributed by atoms with van der Waals surface area (Å²) >= 11 is 7.17. The Labute approximate surface area is 184 Å². The lowest BCUT2D eigenvalue weighted by Crippen LogP contribution is -2.14. The minimum Gasteiger partial charge on any atom is -0.486 e. The highest BCUT2D eigenvalue weighted by molar-refractivity contribution is 7.14. The number of halogens is 2. The lowest BCUT2D eigenvalue weighted by molar-refractivity contribution is 0.292. The van der Waals surface area contributed by atoms with E-state index in [0.717, 1.165) is 0 Å². The summed E-state index contributed by atoms with van der Waals surface area (Å²) in [6.07, 6.45) is 2.14. The first-order valence-electron chi connectivity index (χ1n) is 9.31. The zero-order chi connectivity index (χ0) is 21.8. The monoisotopic (exact) mass is 461 g/mol. The van der Waals surface area contributed by atoms with E-state index in [1.54, 1.807) is 6.07 Å². The van der Waals surface area contributed by atoms with Crippen LogP contribution >= 0.6 is 22.9 Å². The van der Waals surface area contributed by atoms with Crippen molar-refractivity contribution in [3.8, 4) is 17.1 Å². The summed E-state index contributed by atoms with van der Waals surface area (Å²) in [5.74, 6) is 0.0813. The zero-order valence-electron chi connectivity index (χ0n) is 16.1. The Morgan fingerprint density at radius 2 is 2.16 bits per heavy atom. The van der Waals surface area contributed by atoms with Crippen LogP contribution in [0.25, 0.3) is 22.3 Å². The number of nitrogens with zero attached hydrogens (tertiary/aromatic N) is 3. The third-order valence-electron chi connectivity index (χ3n) is 4.30. The van der Waals surface area contributed by atoms with E-state index in [9.17, 15) is 9.18 Å². The lowest BCUT2D eigenvalue weighted by atomic mass is 10.2. The first-order chi connectivity index (χ1) is 15.0. The van der Waals surface area contributed by atoms with Gasteiger partial charge in [-0.2, -0.15) is 0 Å². The number of rotatable bonds is 8. The van der Waals surface area contributed by atoms with Gasteiger partial charge in [-0.1, -0.05) is 11.6 Å². The van der Waals surface area contributed by atoms with E-state index < -0.39 is 5.82 Å². The van der Waals surface area contributed by atoms with Crippen LogP contribution in [-0.2, 0) is 6.61 Å². The molecule has 31 heavy (non-hydrogen) atoms. The van der Waals surface area contributed by atoms with Gasteiger partial charge in [-0.15, -0.1) is 11.3 Å². The number of ether oxygens (including phenoxy) is 1. The van der Waals surface area contributed by atoms with Crippen molar-refractivity contribution < 1.29 is 14.2 Å². The van der Waals surface area contributed by atoms with Crippen LogP contribution in [0.15, 0.2) is 40.6 Å². The molecule has 0 unspecified atom stereocenters. The van der Waals surface area contributed by atoms with Crippen molar-refractivity contribution in [1.29, 1.82) is 0 Å². The summed E-state index contributed by atoms with van der Waals surface area (Å²) in [5.41, 5.74) is 1.12. The smallest absolute Gasteiger partial charge is 0.258 e. The lowest BCUT2D eigenvalue weighted by Gasteiger charge is -2.08. The van der Waals surface area contributed by atoms with Gasteiger partial charge in [0, 0.05) is 30.8 Å². The molecule has 8 nitrogen and oxygen atoms in total. The Balaban J connectivity index is 1.62. The minimum atomic E-state index is -0.546. The molecule has 4 aromatic rings. The van der Waals surface area contributed by atoms with Crippen LogP contribution in [0, 0.1) is 5.82 Å². The van der Waals surface area contributed by atoms with Crippen molar-refractivity contribution >= 4 is 39.0 Å². The highest BCUT2D eigenvalue weighted by Crippen LogP contribution is 2.27. The van der Waals surface area contributed by atoms with Gasteiger partial charge in [0.25, 0.3) is 5.56 Å². The van der Waals surface area contributed by atoms with E-state index in [0.29, 0.717) is 46.1 Å². The predicted octanol–water partition coefficient (Wildman–Crippen LogP) is 3.61. The van der Waals surface area contributed by atoms with Gasteiger partial charge in [-0.25, -0.2) is 14.4 Å². The Hall–Kier alpha value is -3.08. The van der Waals surface area contributed by atoms with Crippen LogP contribution in [0.1, 0.15) is 12.2 Å². The number of H-pyrrole nitrogens is 1. The number of hydrogen-bond donors (Lipinski definition) is 3. The fraction of sp³-hybridized carbons (Fsp3) is 0.200. The number of anilines is 1. The quantitative estimate of drug-likeness (QED) is 0.343. The number of aromatic nitrogens is 4. The number of hydrogen-bond acceptors (Lipinski definition) is 8. The number of thiazole rings is 1. The molecule has 0 atom stereocenters. The first kappa shape index (κ1) is 21.2. The molecule has 0 saturated carbocycles. The SMILES string of the molecule is O=c1[nH]c(COc2ccc(F)c(Cl)c2)nc2c(-c3csc(NCCCO)n3)nccc12. The second kappa shape index (κ2) is 9.38. The molecule has 0 aliphatic rings. The summed E-state index contributed by atoms with van der Waals surface area (Å²) in [6, 6.07) is 5.57. The second-order valence-corrected chi connectivity index (χ2v) is 7.74.